The van der Waals surface area contributed by atoms with Gasteiger partial charge in [-0.15, -0.1) is 0 Å². The van der Waals surface area contributed by atoms with E-state index in [1.54, 1.807) is 0 Å². The second kappa shape index (κ2) is 6.87. The fraction of sp³-hybridized carbons (Fsp3) is 0.933. The van der Waals surface area contributed by atoms with Gasteiger partial charge in [-0.1, -0.05) is 0 Å². The molecule has 1 N–H and O–H groups in total. The van der Waals surface area contributed by atoms with Gasteiger partial charge in [0.05, 0.1) is 18.6 Å². The maximum atomic E-state index is 11.1. The topological polar surface area (TPSA) is 53.0 Å². The van der Waals surface area contributed by atoms with Crippen molar-refractivity contribution < 1.29 is 14.6 Å². The number of aliphatic carboxylic acids is 1. The molecule has 2 aliphatic rings. The van der Waals surface area contributed by atoms with E-state index in [9.17, 15) is 4.79 Å². The zero-order valence-corrected chi connectivity index (χ0v) is 12.8. The summed E-state index contributed by atoms with van der Waals surface area (Å²) in [6.07, 6.45) is 2.96. The molecule has 2 heterocycles. The Morgan fingerprint density at radius 3 is 2.65 bits per heavy atom. The molecule has 0 amide bonds. The van der Waals surface area contributed by atoms with Gasteiger partial charge in [-0.25, -0.2) is 0 Å². The average Bonchev–Trinajstić information content (AvgIpc) is 2.88. The van der Waals surface area contributed by atoms with Crippen LogP contribution in [0.5, 0.6) is 0 Å². The van der Waals surface area contributed by atoms with Gasteiger partial charge in [0.25, 0.3) is 0 Å². The number of hydrogen-bond donors (Lipinski definition) is 1. The maximum Gasteiger partial charge on any atom is 0.309 e. The molecule has 116 valence electrons. The molecule has 20 heavy (non-hydrogen) atoms. The summed E-state index contributed by atoms with van der Waals surface area (Å²) >= 11 is 0. The number of carboxylic acids is 1. The van der Waals surface area contributed by atoms with Crippen molar-refractivity contribution in [3.05, 3.63) is 0 Å². The molecule has 5 heteroatoms. The van der Waals surface area contributed by atoms with Crippen molar-refractivity contribution in [2.45, 2.75) is 39.2 Å². The minimum atomic E-state index is -0.690. The van der Waals surface area contributed by atoms with Crippen molar-refractivity contribution in [1.29, 1.82) is 0 Å². The van der Waals surface area contributed by atoms with E-state index in [4.69, 9.17) is 9.84 Å². The van der Waals surface area contributed by atoms with Crippen molar-refractivity contribution in [3.63, 3.8) is 0 Å². The molecule has 0 radical (unpaired) electrons. The summed E-state index contributed by atoms with van der Waals surface area (Å²) in [5.74, 6) is -0.690. The number of carboxylic acid groups (broad SMARTS) is 1. The summed E-state index contributed by atoms with van der Waals surface area (Å²) in [6, 6.07) is 0.673. The Balaban J connectivity index is 1.67. The Hall–Kier alpha value is -0.650. The second-order valence-electron chi connectivity index (χ2n) is 6.68. The van der Waals surface area contributed by atoms with Crippen LogP contribution in [0.2, 0.25) is 0 Å². The number of rotatable bonds is 6. The van der Waals surface area contributed by atoms with Crippen molar-refractivity contribution >= 4 is 5.97 Å². The Morgan fingerprint density at radius 1 is 1.30 bits per heavy atom. The molecule has 0 aromatic heterocycles. The molecule has 2 aliphatic heterocycles. The van der Waals surface area contributed by atoms with Gasteiger partial charge in [0.15, 0.2) is 0 Å². The fourth-order valence-corrected chi connectivity index (χ4v) is 3.11. The highest BCUT2D eigenvalue weighted by atomic mass is 16.5. The first-order chi connectivity index (χ1) is 9.49. The SMILES string of the molecule is CC(C)(CCCN1CCC(N2CCOCC2)C1)C(=O)O. The average molecular weight is 284 g/mol. The molecule has 0 spiro atoms. The Morgan fingerprint density at radius 2 is 2.00 bits per heavy atom. The summed E-state index contributed by atoms with van der Waals surface area (Å²) in [6.45, 7) is 10.8. The molecule has 0 saturated carbocycles. The molecule has 1 atom stereocenters. The van der Waals surface area contributed by atoms with E-state index in [1.807, 2.05) is 13.8 Å². The van der Waals surface area contributed by atoms with Crippen LogP contribution in [0, 0.1) is 5.41 Å². The Bertz CT molecular complexity index is 327. The van der Waals surface area contributed by atoms with E-state index in [-0.39, 0.29) is 0 Å². The maximum absolute atomic E-state index is 11.1. The van der Waals surface area contributed by atoms with E-state index in [2.05, 4.69) is 9.80 Å². The van der Waals surface area contributed by atoms with Gasteiger partial charge in [-0.2, -0.15) is 0 Å². The number of likely N-dealkylation sites (tertiary alicyclic amines) is 1. The normalized spacial score (nSPS) is 26.0. The molecule has 0 aliphatic carbocycles. The third-order valence-electron chi connectivity index (χ3n) is 4.66. The molecule has 2 fully saturated rings. The van der Waals surface area contributed by atoms with Gasteiger partial charge in [0, 0.05) is 25.7 Å². The number of morpholine rings is 1. The van der Waals surface area contributed by atoms with Crippen LogP contribution in [0.3, 0.4) is 0 Å². The van der Waals surface area contributed by atoms with Gasteiger partial charge >= 0.3 is 5.97 Å². The van der Waals surface area contributed by atoms with Gasteiger partial charge in [-0.05, 0) is 46.2 Å². The van der Waals surface area contributed by atoms with Crippen LogP contribution < -0.4 is 0 Å². The molecule has 2 saturated heterocycles. The number of ether oxygens (including phenoxy) is 1. The van der Waals surface area contributed by atoms with E-state index < -0.39 is 11.4 Å². The lowest BCUT2D eigenvalue weighted by atomic mass is 9.88. The van der Waals surface area contributed by atoms with E-state index >= 15 is 0 Å². The highest BCUT2D eigenvalue weighted by Crippen LogP contribution is 2.24. The first-order valence-corrected chi connectivity index (χ1v) is 7.76. The van der Waals surface area contributed by atoms with Gasteiger partial charge in [-0.3, -0.25) is 9.69 Å². The van der Waals surface area contributed by atoms with Crippen LogP contribution in [0.25, 0.3) is 0 Å². The summed E-state index contributed by atoms with van der Waals surface area (Å²) in [5.41, 5.74) is -0.594. The van der Waals surface area contributed by atoms with Crippen LogP contribution in [0.15, 0.2) is 0 Å². The minimum absolute atomic E-state index is 0.594. The molecule has 0 aromatic carbocycles. The third-order valence-corrected chi connectivity index (χ3v) is 4.66. The summed E-state index contributed by atoms with van der Waals surface area (Å²) in [4.78, 5) is 16.1. The van der Waals surface area contributed by atoms with Gasteiger partial charge < -0.3 is 14.7 Å². The lowest BCUT2D eigenvalue weighted by Crippen LogP contribution is -2.44. The minimum Gasteiger partial charge on any atom is -0.481 e. The summed E-state index contributed by atoms with van der Waals surface area (Å²) in [5, 5.41) is 9.11. The lowest BCUT2D eigenvalue weighted by molar-refractivity contribution is -0.147. The van der Waals surface area contributed by atoms with E-state index in [1.165, 1.54) is 6.42 Å². The largest absolute Gasteiger partial charge is 0.481 e. The van der Waals surface area contributed by atoms with Crippen LogP contribution >= 0.6 is 0 Å². The van der Waals surface area contributed by atoms with Crippen molar-refractivity contribution in [1.82, 2.24) is 9.80 Å². The van der Waals surface area contributed by atoms with Crippen LogP contribution in [-0.2, 0) is 9.53 Å². The van der Waals surface area contributed by atoms with Gasteiger partial charge in [0.2, 0.25) is 0 Å². The molecule has 0 bridgehead atoms. The predicted octanol–water partition coefficient (Wildman–Crippen LogP) is 1.28. The summed E-state index contributed by atoms with van der Waals surface area (Å²) < 4.78 is 5.40. The monoisotopic (exact) mass is 284 g/mol. The highest BCUT2D eigenvalue weighted by molar-refractivity contribution is 5.73. The fourth-order valence-electron chi connectivity index (χ4n) is 3.11. The molecule has 0 aromatic rings. The summed E-state index contributed by atoms with van der Waals surface area (Å²) in [7, 11) is 0. The first-order valence-electron chi connectivity index (χ1n) is 7.76. The van der Waals surface area contributed by atoms with Gasteiger partial charge in [0.1, 0.15) is 0 Å². The van der Waals surface area contributed by atoms with Crippen LogP contribution in [0.1, 0.15) is 33.1 Å². The Labute approximate surface area is 121 Å². The molecule has 1 unspecified atom stereocenters. The third kappa shape index (κ3) is 4.17. The predicted molar refractivity (Wildman–Crippen MR) is 77.9 cm³/mol. The highest BCUT2D eigenvalue weighted by Gasteiger charge is 2.30. The smallest absolute Gasteiger partial charge is 0.309 e. The van der Waals surface area contributed by atoms with Crippen molar-refractivity contribution in [3.8, 4) is 0 Å². The van der Waals surface area contributed by atoms with Crippen LogP contribution in [0.4, 0.5) is 0 Å². The van der Waals surface area contributed by atoms with Crippen molar-refractivity contribution in [2.24, 2.45) is 5.41 Å². The lowest BCUT2D eigenvalue weighted by Gasteiger charge is -2.32. The zero-order valence-electron chi connectivity index (χ0n) is 12.8. The molecular formula is C15H28N2O3. The number of nitrogens with zero attached hydrogens (tertiary/aromatic N) is 2. The number of hydrogen-bond acceptors (Lipinski definition) is 4. The first kappa shape index (κ1) is 15.7. The molecular weight excluding hydrogens is 256 g/mol. The quantitative estimate of drug-likeness (QED) is 0.796. The van der Waals surface area contributed by atoms with Crippen LogP contribution in [-0.4, -0.2) is 72.9 Å². The van der Waals surface area contributed by atoms with E-state index in [0.29, 0.717) is 6.04 Å². The van der Waals surface area contributed by atoms with E-state index in [0.717, 1.165) is 58.8 Å². The number of carbonyl (C=O) groups is 1. The zero-order chi connectivity index (χ0) is 14.6. The molecule has 5 nitrogen and oxygen atoms in total. The standard InChI is InChI=1S/C15H28N2O3/c1-15(2,14(18)19)5-3-6-16-7-4-13(12-16)17-8-10-20-11-9-17/h13H,3-12H2,1-2H3,(H,18,19). The molecule has 2 rings (SSSR count). The van der Waals surface area contributed by atoms with Crippen molar-refractivity contribution in [2.75, 3.05) is 45.9 Å². The second-order valence-corrected chi connectivity index (χ2v) is 6.68. The Kier molecular flexibility index (Phi) is 5.41.